The maximum absolute atomic E-state index is 13.6. The van der Waals surface area contributed by atoms with E-state index in [9.17, 15) is 14.7 Å². The van der Waals surface area contributed by atoms with Crippen LogP contribution < -0.4 is 4.90 Å². The second-order valence-electron chi connectivity index (χ2n) is 8.74. The van der Waals surface area contributed by atoms with Gasteiger partial charge in [-0.05, 0) is 48.9 Å². The van der Waals surface area contributed by atoms with Crippen molar-refractivity contribution in [3.8, 4) is 0 Å². The van der Waals surface area contributed by atoms with Crippen molar-refractivity contribution < 1.29 is 14.7 Å². The highest BCUT2D eigenvalue weighted by atomic mass is 16.4. The summed E-state index contributed by atoms with van der Waals surface area (Å²) in [4.78, 5) is 30.8. The van der Waals surface area contributed by atoms with Crippen LogP contribution in [0.4, 0.5) is 10.5 Å². The lowest BCUT2D eigenvalue weighted by Gasteiger charge is -2.42. The summed E-state index contributed by atoms with van der Waals surface area (Å²) in [7, 11) is 0. The molecular formula is C25H31N3O3. The number of piperidine rings is 1. The van der Waals surface area contributed by atoms with E-state index in [1.807, 2.05) is 23.1 Å². The number of aryl methyl sites for hydroxylation is 2. The molecule has 2 saturated heterocycles. The Morgan fingerprint density at radius 2 is 1.61 bits per heavy atom. The van der Waals surface area contributed by atoms with Crippen LogP contribution in [0.3, 0.4) is 0 Å². The summed E-state index contributed by atoms with van der Waals surface area (Å²) in [6.45, 7) is 7.88. The van der Waals surface area contributed by atoms with Crippen LogP contribution in [0.15, 0.2) is 48.5 Å². The Morgan fingerprint density at radius 1 is 0.903 bits per heavy atom. The first kappa shape index (κ1) is 21.2. The van der Waals surface area contributed by atoms with Crippen molar-refractivity contribution in [3.05, 3.63) is 65.2 Å². The first-order chi connectivity index (χ1) is 14.9. The molecule has 0 aromatic heterocycles. The highest BCUT2D eigenvalue weighted by molar-refractivity contribution is 5.81. The number of nitrogens with zero attached hydrogens (tertiary/aromatic N) is 3. The molecule has 2 fully saturated rings. The first-order valence-electron chi connectivity index (χ1n) is 11.1. The predicted molar refractivity (Wildman–Crippen MR) is 122 cm³/mol. The number of hydrogen-bond acceptors (Lipinski definition) is 3. The van der Waals surface area contributed by atoms with Gasteiger partial charge in [0.1, 0.15) is 0 Å². The van der Waals surface area contributed by atoms with Gasteiger partial charge in [0.25, 0.3) is 0 Å². The number of anilines is 1. The van der Waals surface area contributed by atoms with Crippen molar-refractivity contribution >= 4 is 17.7 Å². The van der Waals surface area contributed by atoms with Crippen molar-refractivity contribution in [2.45, 2.75) is 26.2 Å². The Morgan fingerprint density at radius 3 is 2.29 bits per heavy atom. The molecule has 0 radical (unpaired) electrons. The number of amides is 2. The zero-order valence-corrected chi connectivity index (χ0v) is 18.3. The molecule has 6 heteroatoms. The van der Waals surface area contributed by atoms with Crippen LogP contribution in [0.1, 0.15) is 29.0 Å². The van der Waals surface area contributed by atoms with Gasteiger partial charge in [-0.25, -0.2) is 4.79 Å². The zero-order chi connectivity index (χ0) is 22.0. The van der Waals surface area contributed by atoms with Crippen LogP contribution in [-0.2, 0) is 4.79 Å². The molecule has 0 unspecified atom stereocenters. The number of carbonyl (C=O) groups excluding carboxylic acids is 1. The van der Waals surface area contributed by atoms with Gasteiger partial charge in [-0.3, -0.25) is 4.79 Å². The van der Waals surface area contributed by atoms with Gasteiger partial charge in [0.05, 0.1) is 5.92 Å². The van der Waals surface area contributed by atoms with Crippen molar-refractivity contribution in [2.24, 2.45) is 5.92 Å². The average molecular weight is 422 g/mol. The highest BCUT2D eigenvalue weighted by Crippen LogP contribution is 2.35. The fourth-order valence-corrected chi connectivity index (χ4v) is 4.94. The lowest BCUT2D eigenvalue weighted by atomic mass is 9.79. The van der Waals surface area contributed by atoms with E-state index in [2.05, 4.69) is 49.1 Å². The van der Waals surface area contributed by atoms with E-state index in [0.717, 1.165) is 18.7 Å². The minimum Gasteiger partial charge on any atom is -0.465 e. The molecule has 2 aliphatic heterocycles. The molecule has 2 aliphatic rings. The fourth-order valence-electron chi connectivity index (χ4n) is 4.94. The molecule has 1 N–H and O–H groups in total. The molecule has 0 bridgehead atoms. The molecule has 0 aliphatic carbocycles. The van der Waals surface area contributed by atoms with Crippen LogP contribution in [-0.4, -0.2) is 66.2 Å². The summed E-state index contributed by atoms with van der Waals surface area (Å²) < 4.78 is 0. The highest BCUT2D eigenvalue weighted by Gasteiger charge is 2.39. The third-order valence-corrected chi connectivity index (χ3v) is 6.72. The molecule has 2 heterocycles. The van der Waals surface area contributed by atoms with Crippen LogP contribution in [0, 0.1) is 19.8 Å². The number of carboxylic acid groups (broad SMARTS) is 1. The number of carbonyl (C=O) groups is 2. The summed E-state index contributed by atoms with van der Waals surface area (Å²) in [5.74, 6) is -0.193. The Kier molecular flexibility index (Phi) is 6.16. The third kappa shape index (κ3) is 4.53. The number of piperazine rings is 1. The van der Waals surface area contributed by atoms with Crippen molar-refractivity contribution in [1.82, 2.24) is 9.80 Å². The van der Waals surface area contributed by atoms with E-state index in [0.29, 0.717) is 26.1 Å². The SMILES string of the molecule is Cc1ccc(C)c(N2CCN(C(=O)[C@H]3CN(C(=O)O)CC[C@H]3c3ccccc3)CC2)c1. The summed E-state index contributed by atoms with van der Waals surface area (Å²) >= 11 is 0. The van der Waals surface area contributed by atoms with Gasteiger partial charge in [0.2, 0.25) is 5.91 Å². The molecule has 0 saturated carbocycles. The van der Waals surface area contributed by atoms with Gasteiger partial charge in [-0.15, -0.1) is 0 Å². The van der Waals surface area contributed by atoms with E-state index in [1.165, 1.54) is 21.7 Å². The Balaban J connectivity index is 1.48. The maximum atomic E-state index is 13.6. The number of benzene rings is 2. The molecule has 31 heavy (non-hydrogen) atoms. The number of hydrogen-bond donors (Lipinski definition) is 1. The lowest BCUT2D eigenvalue weighted by Crippen LogP contribution is -2.54. The lowest BCUT2D eigenvalue weighted by molar-refractivity contribution is -0.138. The molecule has 2 aromatic rings. The van der Waals surface area contributed by atoms with Crippen LogP contribution >= 0.6 is 0 Å². The van der Waals surface area contributed by atoms with Gasteiger partial charge < -0.3 is 19.8 Å². The van der Waals surface area contributed by atoms with Crippen LogP contribution in [0.5, 0.6) is 0 Å². The normalized spacial score (nSPS) is 21.8. The summed E-state index contributed by atoms with van der Waals surface area (Å²) in [6.07, 6.45) is -0.265. The van der Waals surface area contributed by atoms with Gasteiger partial charge in [-0.1, -0.05) is 42.5 Å². The van der Waals surface area contributed by atoms with Gasteiger partial charge in [-0.2, -0.15) is 0 Å². The maximum Gasteiger partial charge on any atom is 0.407 e. The second-order valence-corrected chi connectivity index (χ2v) is 8.74. The van der Waals surface area contributed by atoms with Gasteiger partial charge in [0.15, 0.2) is 0 Å². The molecule has 6 nitrogen and oxygen atoms in total. The monoisotopic (exact) mass is 421 g/mol. The molecule has 2 aromatic carbocycles. The summed E-state index contributed by atoms with van der Waals surface area (Å²) in [5, 5.41) is 9.51. The zero-order valence-electron chi connectivity index (χ0n) is 18.3. The van der Waals surface area contributed by atoms with Crippen molar-refractivity contribution in [1.29, 1.82) is 0 Å². The van der Waals surface area contributed by atoms with E-state index >= 15 is 0 Å². The Hall–Kier alpha value is -3.02. The van der Waals surface area contributed by atoms with E-state index in [-0.39, 0.29) is 24.3 Å². The van der Waals surface area contributed by atoms with E-state index < -0.39 is 6.09 Å². The van der Waals surface area contributed by atoms with E-state index in [1.54, 1.807) is 0 Å². The largest absolute Gasteiger partial charge is 0.465 e. The predicted octanol–water partition coefficient (Wildman–Crippen LogP) is 3.74. The molecule has 2 amide bonds. The molecule has 164 valence electrons. The van der Waals surface area contributed by atoms with Crippen molar-refractivity contribution in [3.63, 3.8) is 0 Å². The summed E-state index contributed by atoms with van der Waals surface area (Å²) in [6, 6.07) is 16.5. The standard InChI is InChI=1S/C25H31N3O3/c1-18-8-9-19(2)23(16-18)26-12-14-27(15-13-26)24(29)22-17-28(25(30)31)11-10-21(22)20-6-4-3-5-7-20/h3-9,16,21-22H,10-15,17H2,1-2H3,(H,30,31)/t21-,22-/m0/s1. The number of likely N-dealkylation sites (tertiary alicyclic amines) is 1. The minimum absolute atomic E-state index is 0.0568. The minimum atomic E-state index is -0.941. The quantitative estimate of drug-likeness (QED) is 0.820. The Labute approximate surface area is 184 Å². The topological polar surface area (TPSA) is 64.1 Å². The second kappa shape index (κ2) is 9.00. The van der Waals surface area contributed by atoms with Gasteiger partial charge in [0, 0.05) is 45.0 Å². The molecular weight excluding hydrogens is 390 g/mol. The average Bonchev–Trinajstić information content (AvgIpc) is 2.80. The first-order valence-corrected chi connectivity index (χ1v) is 11.1. The fraction of sp³-hybridized carbons (Fsp3) is 0.440. The van der Waals surface area contributed by atoms with Crippen LogP contribution in [0.2, 0.25) is 0 Å². The smallest absolute Gasteiger partial charge is 0.407 e. The summed E-state index contributed by atoms with van der Waals surface area (Å²) in [5.41, 5.74) is 4.85. The van der Waals surface area contributed by atoms with Crippen LogP contribution in [0.25, 0.3) is 0 Å². The third-order valence-electron chi connectivity index (χ3n) is 6.72. The Bertz CT molecular complexity index is 938. The van der Waals surface area contributed by atoms with Crippen molar-refractivity contribution in [2.75, 3.05) is 44.2 Å². The number of rotatable bonds is 3. The molecule has 4 rings (SSSR count). The molecule has 0 spiro atoms. The van der Waals surface area contributed by atoms with E-state index in [4.69, 9.17) is 0 Å². The van der Waals surface area contributed by atoms with Gasteiger partial charge >= 0.3 is 6.09 Å². The molecule has 2 atom stereocenters.